The van der Waals surface area contributed by atoms with Crippen LogP contribution < -0.4 is 0 Å². The van der Waals surface area contributed by atoms with E-state index in [9.17, 15) is 14.9 Å². The molecule has 0 spiro atoms. The lowest BCUT2D eigenvalue weighted by Gasteiger charge is -2.02. The van der Waals surface area contributed by atoms with Crippen molar-refractivity contribution >= 4 is 35.0 Å². The molecular formula is C8H5ClN6O4S. The van der Waals surface area contributed by atoms with Crippen LogP contribution in [-0.2, 0) is 11.3 Å². The van der Waals surface area contributed by atoms with Gasteiger partial charge in [0, 0.05) is 6.07 Å². The largest absolute Gasteiger partial charge is 0.480 e. The molecule has 0 unspecified atom stereocenters. The molecule has 0 saturated carbocycles. The fraction of sp³-hybridized carbons (Fsp3) is 0.125. The van der Waals surface area contributed by atoms with Crippen LogP contribution in [0, 0.1) is 10.1 Å². The van der Waals surface area contributed by atoms with E-state index in [4.69, 9.17) is 16.7 Å². The zero-order chi connectivity index (χ0) is 14.7. The van der Waals surface area contributed by atoms with E-state index in [0.29, 0.717) is 0 Å². The van der Waals surface area contributed by atoms with E-state index in [1.807, 2.05) is 0 Å². The number of hydrogen-bond donors (Lipinski definition) is 1. The van der Waals surface area contributed by atoms with Gasteiger partial charge < -0.3 is 5.11 Å². The first kappa shape index (κ1) is 14.1. The van der Waals surface area contributed by atoms with Crippen LogP contribution in [0.25, 0.3) is 0 Å². The second-order valence-electron chi connectivity index (χ2n) is 3.35. The molecule has 0 aromatic carbocycles. The second-order valence-corrected chi connectivity index (χ2v) is 4.72. The first-order chi connectivity index (χ1) is 9.47. The van der Waals surface area contributed by atoms with E-state index in [2.05, 4.69) is 20.5 Å². The number of aromatic nitrogens is 5. The number of carboxylic acid groups (broad SMARTS) is 1. The van der Waals surface area contributed by atoms with Gasteiger partial charge in [0.25, 0.3) is 5.69 Å². The van der Waals surface area contributed by atoms with Crippen molar-refractivity contribution in [1.29, 1.82) is 0 Å². The third kappa shape index (κ3) is 3.19. The molecule has 1 N–H and O–H groups in total. The van der Waals surface area contributed by atoms with Crippen molar-refractivity contribution in [2.24, 2.45) is 0 Å². The van der Waals surface area contributed by atoms with Gasteiger partial charge in [-0.25, -0.2) is 9.67 Å². The van der Waals surface area contributed by atoms with Gasteiger partial charge in [0.2, 0.25) is 5.16 Å². The molecule has 0 aliphatic heterocycles. The Kier molecular flexibility index (Phi) is 4.10. The van der Waals surface area contributed by atoms with E-state index in [0.717, 1.165) is 28.7 Å². The van der Waals surface area contributed by atoms with Crippen molar-refractivity contribution < 1.29 is 14.8 Å². The molecule has 0 fully saturated rings. The van der Waals surface area contributed by atoms with Crippen LogP contribution in [0.4, 0.5) is 5.69 Å². The van der Waals surface area contributed by atoms with Crippen LogP contribution in [0.15, 0.2) is 22.4 Å². The predicted molar refractivity (Wildman–Crippen MR) is 65.5 cm³/mol. The van der Waals surface area contributed by atoms with Gasteiger partial charge in [-0.1, -0.05) is 11.6 Å². The standard InChI is InChI=1S/C8H5ClN6O4S/c9-5-1-4(15(18)19)2-10-7(5)20-8-11-12-13-14(8)3-6(16)17/h1-2H,3H2,(H,16,17). The minimum absolute atomic E-state index is 0.0501. The van der Waals surface area contributed by atoms with E-state index in [1.165, 1.54) is 0 Å². The quantitative estimate of drug-likeness (QED) is 0.628. The summed E-state index contributed by atoms with van der Waals surface area (Å²) in [7, 11) is 0. The summed E-state index contributed by atoms with van der Waals surface area (Å²) in [6.07, 6.45) is 1.04. The van der Waals surface area contributed by atoms with Gasteiger partial charge in [0.15, 0.2) is 0 Å². The van der Waals surface area contributed by atoms with Crippen LogP contribution in [0.3, 0.4) is 0 Å². The Balaban J connectivity index is 2.24. The lowest BCUT2D eigenvalue weighted by atomic mass is 10.4. The lowest BCUT2D eigenvalue weighted by molar-refractivity contribution is -0.385. The van der Waals surface area contributed by atoms with E-state index < -0.39 is 17.4 Å². The smallest absolute Gasteiger partial charge is 0.325 e. The lowest BCUT2D eigenvalue weighted by Crippen LogP contribution is -2.11. The SMILES string of the molecule is O=C(O)Cn1nnnc1Sc1ncc([N+](=O)[O-])cc1Cl. The Morgan fingerprint density at radius 3 is 2.95 bits per heavy atom. The van der Waals surface area contributed by atoms with Crippen molar-refractivity contribution in [3.05, 3.63) is 27.4 Å². The van der Waals surface area contributed by atoms with E-state index >= 15 is 0 Å². The molecule has 10 nitrogen and oxygen atoms in total. The number of nitrogens with zero attached hydrogens (tertiary/aromatic N) is 6. The highest BCUT2D eigenvalue weighted by Crippen LogP contribution is 2.31. The molecule has 104 valence electrons. The molecule has 0 bridgehead atoms. The topological polar surface area (TPSA) is 137 Å². The van der Waals surface area contributed by atoms with Crippen molar-refractivity contribution in [2.75, 3.05) is 0 Å². The number of aliphatic carboxylic acids is 1. The maximum absolute atomic E-state index is 10.6. The number of nitro groups is 1. The van der Waals surface area contributed by atoms with Crippen molar-refractivity contribution in [3.63, 3.8) is 0 Å². The summed E-state index contributed by atoms with van der Waals surface area (Å²) in [5.74, 6) is -1.11. The molecule has 0 amide bonds. The Bertz CT molecular complexity index is 677. The number of carbonyl (C=O) groups is 1. The number of tetrazole rings is 1. The number of pyridine rings is 1. The molecule has 0 saturated heterocycles. The van der Waals surface area contributed by atoms with Gasteiger partial charge >= 0.3 is 5.97 Å². The molecular weight excluding hydrogens is 312 g/mol. The van der Waals surface area contributed by atoms with Crippen LogP contribution >= 0.6 is 23.4 Å². The predicted octanol–water partition coefficient (Wildman–Crippen LogP) is 0.865. The highest BCUT2D eigenvalue weighted by Gasteiger charge is 2.16. The van der Waals surface area contributed by atoms with Crippen LogP contribution in [0.1, 0.15) is 0 Å². The molecule has 0 aliphatic carbocycles. The average Bonchev–Trinajstić information content (AvgIpc) is 2.78. The molecule has 2 heterocycles. The molecule has 0 atom stereocenters. The third-order valence-electron chi connectivity index (χ3n) is 1.98. The summed E-state index contributed by atoms with van der Waals surface area (Å²) in [6, 6.07) is 1.14. The van der Waals surface area contributed by atoms with Crippen LogP contribution in [0.5, 0.6) is 0 Å². The normalized spacial score (nSPS) is 10.4. The van der Waals surface area contributed by atoms with Gasteiger partial charge in [0.05, 0.1) is 9.95 Å². The number of hydrogen-bond acceptors (Lipinski definition) is 8. The summed E-state index contributed by atoms with van der Waals surface area (Å²) >= 11 is 6.77. The summed E-state index contributed by atoms with van der Waals surface area (Å²) < 4.78 is 1.05. The minimum Gasteiger partial charge on any atom is -0.480 e. The number of halogens is 1. The Labute approximate surface area is 119 Å². The fourth-order valence-electron chi connectivity index (χ4n) is 1.17. The molecule has 12 heteroatoms. The molecule has 20 heavy (non-hydrogen) atoms. The van der Waals surface area contributed by atoms with Crippen LogP contribution in [0.2, 0.25) is 5.02 Å². The maximum atomic E-state index is 10.6. The first-order valence-corrected chi connectivity index (χ1v) is 6.12. The highest BCUT2D eigenvalue weighted by molar-refractivity contribution is 7.99. The van der Waals surface area contributed by atoms with E-state index in [1.54, 1.807) is 0 Å². The Morgan fingerprint density at radius 1 is 1.60 bits per heavy atom. The molecule has 2 rings (SSSR count). The average molecular weight is 317 g/mol. The molecule has 2 aromatic heterocycles. The summed E-state index contributed by atoms with van der Waals surface area (Å²) in [5.41, 5.74) is -0.246. The maximum Gasteiger partial charge on any atom is 0.325 e. The fourth-order valence-corrected chi connectivity index (χ4v) is 2.17. The van der Waals surface area contributed by atoms with Gasteiger partial charge in [-0.3, -0.25) is 14.9 Å². The van der Waals surface area contributed by atoms with Gasteiger partial charge in [-0.15, -0.1) is 5.10 Å². The van der Waals surface area contributed by atoms with Crippen molar-refractivity contribution in [3.8, 4) is 0 Å². The van der Waals surface area contributed by atoms with Crippen LogP contribution in [-0.4, -0.2) is 41.2 Å². The third-order valence-corrected chi connectivity index (χ3v) is 3.37. The summed E-state index contributed by atoms with van der Waals surface area (Å²) in [6.45, 7) is -0.417. The Morgan fingerprint density at radius 2 is 2.35 bits per heavy atom. The molecule has 0 aliphatic rings. The van der Waals surface area contributed by atoms with E-state index in [-0.39, 0.29) is 20.9 Å². The monoisotopic (exact) mass is 316 g/mol. The number of carboxylic acids is 1. The zero-order valence-electron chi connectivity index (χ0n) is 9.50. The minimum atomic E-state index is -1.11. The highest BCUT2D eigenvalue weighted by atomic mass is 35.5. The molecule has 0 radical (unpaired) electrons. The number of rotatable bonds is 5. The molecule has 2 aromatic rings. The van der Waals surface area contributed by atoms with Gasteiger partial charge in [-0.05, 0) is 22.2 Å². The van der Waals surface area contributed by atoms with Crippen molar-refractivity contribution in [2.45, 2.75) is 16.7 Å². The van der Waals surface area contributed by atoms with Crippen molar-refractivity contribution in [1.82, 2.24) is 25.2 Å². The summed E-state index contributed by atoms with van der Waals surface area (Å²) in [5, 5.41) is 30.2. The van der Waals surface area contributed by atoms with Gasteiger partial charge in [-0.2, -0.15) is 0 Å². The first-order valence-electron chi connectivity index (χ1n) is 4.93. The zero-order valence-corrected chi connectivity index (χ0v) is 11.1. The Hall–Kier alpha value is -2.27. The van der Waals surface area contributed by atoms with Gasteiger partial charge in [0.1, 0.15) is 17.8 Å². The second kappa shape index (κ2) is 5.79. The summed E-state index contributed by atoms with van der Waals surface area (Å²) in [4.78, 5) is 24.4.